The van der Waals surface area contributed by atoms with Crippen molar-refractivity contribution in [2.24, 2.45) is 5.84 Å². The van der Waals surface area contributed by atoms with Crippen LogP contribution < -0.4 is 16.0 Å². The van der Waals surface area contributed by atoms with Gasteiger partial charge in [-0.05, 0) is 18.9 Å². The summed E-state index contributed by atoms with van der Waals surface area (Å²) in [5.41, 5.74) is 4.45. The molecule has 0 fully saturated rings. The molecule has 0 aliphatic carbocycles. The van der Waals surface area contributed by atoms with Gasteiger partial charge in [-0.1, -0.05) is 44.2 Å². The number of nitrogen functional groups attached to an aromatic ring is 1. The second kappa shape index (κ2) is 6.85. The number of hydrogen-bond donors (Lipinski definition) is 2. The van der Waals surface area contributed by atoms with Crippen molar-refractivity contribution in [2.75, 3.05) is 5.43 Å². The standard InChI is InChI=1S/C16H20N4O/c1-4-7-12-8-5-6-9-13(12)21-16-14(11(2)3)15(20-17)18-10-19-16/h4-11H,17H2,1-3H3,(H,18,19,20)/b7-4+. The molecule has 0 bridgehead atoms. The predicted octanol–water partition coefficient (Wildman–Crippen LogP) is 3.71. The van der Waals surface area contributed by atoms with E-state index in [1.54, 1.807) is 0 Å². The number of benzene rings is 1. The van der Waals surface area contributed by atoms with Crippen LogP contribution in [0.3, 0.4) is 0 Å². The Bertz CT molecular complexity index is 638. The van der Waals surface area contributed by atoms with Gasteiger partial charge in [0.25, 0.3) is 0 Å². The number of ether oxygens (including phenoxy) is 1. The second-order valence-electron chi connectivity index (χ2n) is 4.88. The van der Waals surface area contributed by atoms with Crippen LogP contribution in [0, 0.1) is 0 Å². The highest BCUT2D eigenvalue weighted by molar-refractivity contribution is 5.58. The number of hydrogen-bond acceptors (Lipinski definition) is 5. The molecule has 1 aromatic carbocycles. The summed E-state index contributed by atoms with van der Waals surface area (Å²) in [6.45, 7) is 6.06. The molecular weight excluding hydrogens is 264 g/mol. The number of nitrogens with one attached hydrogen (secondary N) is 1. The van der Waals surface area contributed by atoms with Crippen LogP contribution in [0.5, 0.6) is 11.6 Å². The van der Waals surface area contributed by atoms with Crippen molar-refractivity contribution in [1.29, 1.82) is 0 Å². The summed E-state index contributed by atoms with van der Waals surface area (Å²) < 4.78 is 6.00. The summed E-state index contributed by atoms with van der Waals surface area (Å²) in [5, 5.41) is 0. The lowest BCUT2D eigenvalue weighted by Crippen LogP contribution is -2.13. The van der Waals surface area contributed by atoms with Crippen LogP contribution in [0.2, 0.25) is 0 Å². The van der Waals surface area contributed by atoms with Crippen LogP contribution in [0.4, 0.5) is 5.82 Å². The third-order valence-electron chi connectivity index (χ3n) is 3.03. The lowest BCUT2D eigenvalue weighted by Gasteiger charge is -2.16. The second-order valence-corrected chi connectivity index (χ2v) is 4.88. The first-order valence-corrected chi connectivity index (χ1v) is 6.88. The number of allylic oxidation sites excluding steroid dienone is 1. The van der Waals surface area contributed by atoms with E-state index in [0.717, 1.165) is 16.9 Å². The number of para-hydroxylation sites is 1. The molecule has 0 spiro atoms. The van der Waals surface area contributed by atoms with Gasteiger partial charge in [0.15, 0.2) is 5.82 Å². The zero-order valence-electron chi connectivity index (χ0n) is 12.5. The van der Waals surface area contributed by atoms with Crippen LogP contribution in [0.15, 0.2) is 36.7 Å². The maximum absolute atomic E-state index is 6.00. The number of rotatable bonds is 5. The first-order chi connectivity index (χ1) is 10.2. The zero-order chi connectivity index (χ0) is 15.2. The maximum Gasteiger partial charge on any atom is 0.227 e. The first kappa shape index (κ1) is 15.0. The lowest BCUT2D eigenvalue weighted by atomic mass is 10.1. The first-order valence-electron chi connectivity index (χ1n) is 6.88. The Hall–Kier alpha value is -2.40. The van der Waals surface area contributed by atoms with E-state index in [2.05, 4.69) is 15.4 Å². The van der Waals surface area contributed by atoms with E-state index in [1.807, 2.05) is 57.2 Å². The molecule has 0 unspecified atom stereocenters. The molecule has 0 atom stereocenters. The Kier molecular flexibility index (Phi) is 4.90. The smallest absolute Gasteiger partial charge is 0.227 e. The van der Waals surface area contributed by atoms with Gasteiger partial charge in [-0.3, -0.25) is 0 Å². The van der Waals surface area contributed by atoms with Gasteiger partial charge in [0.1, 0.15) is 12.1 Å². The minimum Gasteiger partial charge on any atom is -0.438 e. The Morgan fingerprint density at radius 1 is 1.24 bits per heavy atom. The molecule has 2 aromatic rings. The van der Waals surface area contributed by atoms with Crippen molar-refractivity contribution < 1.29 is 4.74 Å². The molecule has 1 heterocycles. The fraction of sp³-hybridized carbons (Fsp3) is 0.250. The monoisotopic (exact) mass is 284 g/mol. The molecule has 2 rings (SSSR count). The van der Waals surface area contributed by atoms with Crippen molar-refractivity contribution in [1.82, 2.24) is 9.97 Å². The molecule has 5 heteroatoms. The SMILES string of the molecule is C/C=C/c1ccccc1Oc1ncnc(NN)c1C(C)C. The van der Waals surface area contributed by atoms with E-state index in [-0.39, 0.29) is 5.92 Å². The molecule has 110 valence electrons. The summed E-state index contributed by atoms with van der Waals surface area (Å²) in [7, 11) is 0. The van der Waals surface area contributed by atoms with Crippen molar-refractivity contribution in [2.45, 2.75) is 26.7 Å². The number of anilines is 1. The van der Waals surface area contributed by atoms with Crippen molar-refractivity contribution in [3.8, 4) is 11.6 Å². The Labute approximate surface area is 124 Å². The molecule has 0 radical (unpaired) electrons. The molecule has 0 aliphatic heterocycles. The van der Waals surface area contributed by atoms with E-state index in [4.69, 9.17) is 10.6 Å². The van der Waals surface area contributed by atoms with Crippen molar-refractivity contribution in [3.63, 3.8) is 0 Å². The molecule has 5 nitrogen and oxygen atoms in total. The largest absolute Gasteiger partial charge is 0.438 e. The summed E-state index contributed by atoms with van der Waals surface area (Å²) in [5.74, 6) is 7.55. The quantitative estimate of drug-likeness (QED) is 0.646. The van der Waals surface area contributed by atoms with Gasteiger partial charge in [-0.15, -0.1) is 0 Å². The van der Waals surface area contributed by atoms with Crippen LogP contribution in [0.25, 0.3) is 6.08 Å². The van der Waals surface area contributed by atoms with Crippen molar-refractivity contribution >= 4 is 11.9 Å². The van der Waals surface area contributed by atoms with Crippen LogP contribution >= 0.6 is 0 Å². The minimum atomic E-state index is 0.182. The molecule has 0 aliphatic rings. The van der Waals surface area contributed by atoms with Crippen LogP contribution in [-0.4, -0.2) is 9.97 Å². The summed E-state index contributed by atoms with van der Waals surface area (Å²) in [6.07, 6.45) is 5.40. The van der Waals surface area contributed by atoms with Crippen LogP contribution in [0.1, 0.15) is 37.8 Å². The molecule has 1 aromatic heterocycles. The molecule has 0 saturated heterocycles. The van der Waals surface area contributed by atoms with Gasteiger partial charge in [-0.2, -0.15) is 0 Å². The third kappa shape index (κ3) is 3.38. The highest BCUT2D eigenvalue weighted by atomic mass is 16.5. The average Bonchev–Trinajstić information content (AvgIpc) is 2.49. The maximum atomic E-state index is 6.00. The summed E-state index contributed by atoms with van der Waals surface area (Å²) in [4.78, 5) is 8.39. The number of nitrogens with two attached hydrogens (primary N) is 1. The fourth-order valence-corrected chi connectivity index (χ4v) is 2.09. The molecule has 21 heavy (non-hydrogen) atoms. The Balaban J connectivity index is 2.45. The Morgan fingerprint density at radius 3 is 2.67 bits per heavy atom. The number of hydrazine groups is 1. The normalized spacial score (nSPS) is 11.1. The number of nitrogens with zero attached hydrogens (tertiary/aromatic N) is 2. The topological polar surface area (TPSA) is 73.1 Å². The molecular formula is C16H20N4O. The molecule has 0 saturated carbocycles. The predicted molar refractivity (Wildman–Crippen MR) is 85.2 cm³/mol. The van der Waals surface area contributed by atoms with Gasteiger partial charge in [0.05, 0.1) is 5.56 Å². The number of aromatic nitrogens is 2. The van der Waals surface area contributed by atoms with Gasteiger partial charge in [-0.25, -0.2) is 15.8 Å². The van der Waals surface area contributed by atoms with E-state index in [0.29, 0.717) is 11.7 Å². The van der Waals surface area contributed by atoms with Crippen LogP contribution in [-0.2, 0) is 0 Å². The summed E-state index contributed by atoms with van der Waals surface area (Å²) in [6, 6.07) is 7.81. The van der Waals surface area contributed by atoms with E-state index < -0.39 is 0 Å². The van der Waals surface area contributed by atoms with Gasteiger partial charge in [0.2, 0.25) is 5.88 Å². The third-order valence-corrected chi connectivity index (χ3v) is 3.03. The van der Waals surface area contributed by atoms with E-state index >= 15 is 0 Å². The van der Waals surface area contributed by atoms with Gasteiger partial charge < -0.3 is 10.2 Å². The molecule has 0 amide bonds. The van der Waals surface area contributed by atoms with Gasteiger partial charge in [0, 0.05) is 5.56 Å². The highest BCUT2D eigenvalue weighted by Gasteiger charge is 2.17. The van der Waals surface area contributed by atoms with E-state index in [9.17, 15) is 0 Å². The highest BCUT2D eigenvalue weighted by Crippen LogP contribution is 2.33. The minimum absolute atomic E-state index is 0.182. The summed E-state index contributed by atoms with van der Waals surface area (Å²) >= 11 is 0. The van der Waals surface area contributed by atoms with Gasteiger partial charge >= 0.3 is 0 Å². The van der Waals surface area contributed by atoms with Crippen molar-refractivity contribution in [3.05, 3.63) is 47.8 Å². The lowest BCUT2D eigenvalue weighted by molar-refractivity contribution is 0.451. The Morgan fingerprint density at radius 2 is 2.00 bits per heavy atom. The zero-order valence-corrected chi connectivity index (χ0v) is 12.5. The average molecular weight is 284 g/mol. The van der Waals surface area contributed by atoms with E-state index in [1.165, 1.54) is 6.33 Å². The fourth-order valence-electron chi connectivity index (χ4n) is 2.09. The molecule has 3 N–H and O–H groups in total.